The van der Waals surface area contributed by atoms with Crippen LogP contribution in [0.25, 0.3) is 0 Å². The van der Waals surface area contributed by atoms with E-state index in [2.05, 4.69) is 4.98 Å². The number of hydrogen-bond acceptors (Lipinski definition) is 5. The Hall–Kier alpha value is -0.980. The van der Waals surface area contributed by atoms with Crippen LogP contribution < -0.4 is 17.0 Å². The topological polar surface area (TPSA) is 94.0 Å². The molecular formula is C5H8N4OS. The first-order chi connectivity index (χ1) is 5.27. The number of aromatic nitrogens is 1. The Bertz CT molecular complexity index is 259. The van der Waals surface area contributed by atoms with E-state index < -0.39 is 0 Å². The van der Waals surface area contributed by atoms with Crippen molar-refractivity contribution in [1.29, 1.82) is 0 Å². The molecule has 0 spiro atoms. The summed E-state index contributed by atoms with van der Waals surface area (Å²) >= 11 is 1.34. The molecule has 0 saturated carbocycles. The number of nitrogens with zero attached hydrogens (tertiary/aromatic N) is 1. The number of hydrogen-bond donors (Lipinski definition) is 3. The molecule has 0 radical (unpaired) electrons. The third-order valence-electron chi connectivity index (χ3n) is 1.09. The summed E-state index contributed by atoms with van der Waals surface area (Å²) in [5.41, 5.74) is 7.59. The number of nitrogens with one attached hydrogen (secondary N) is 1. The van der Waals surface area contributed by atoms with Crippen molar-refractivity contribution in [2.45, 2.75) is 6.54 Å². The van der Waals surface area contributed by atoms with Crippen molar-refractivity contribution in [3.05, 3.63) is 16.1 Å². The molecule has 11 heavy (non-hydrogen) atoms. The number of carbonyl (C=O) groups is 1. The molecule has 1 aromatic heterocycles. The zero-order valence-electron chi connectivity index (χ0n) is 5.70. The van der Waals surface area contributed by atoms with E-state index in [0.717, 1.165) is 5.01 Å². The molecule has 0 unspecified atom stereocenters. The van der Waals surface area contributed by atoms with Gasteiger partial charge >= 0.3 is 0 Å². The Morgan fingerprint density at radius 1 is 1.82 bits per heavy atom. The summed E-state index contributed by atoms with van der Waals surface area (Å²) in [7, 11) is 0. The summed E-state index contributed by atoms with van der Waals surface area (Å²) in [6, 6.07) is 0. The fourth-order valence-corrected chi connectivity index (χ4v) is 1.24. The highest BCUT2D eigenvalue weighted by molar-refractivity contribution is 7.09. The molecule has 0 aliphatic carbocycles. The molecule has 0 aliphatic rings. The molecule has 5 N–H and O–H groups in total. The van der Waals surface area contributed by atoms with E-state index in [0.29, 0.717) is 12.2 Å². The van der Waals surface area contributed by atoms with Crippen LogP contribution in [0.5, 0.6) is 0 Å². The van der Waals surface area contributed by atoms with Crippen LogP contribution in [-0.4, -0.2) is 10.9 Å². The van der Waals surface area contributed by atoms with Gasteiger partial charge in [-0.05, 0) is 0 Å². The molecule has 1 heterocycles. The van der Waals surface area contributed by atoms with Gasteiger partial charge in [0.2, 0.25) is 0 Å². The van der Waals surface area contributed by atoms with Gasteiger partial charge in [-0.25, -0.2) is 10.8 Å². The summed E-state index contributed by atoms with van der Waals surface area (Å²) in [6.45, 7) is 0.350. The third-order valence-corrected chi connectivity index (χ3v) is 1.96. The Kier molecular flexibility index (Phi) is 2.53. The zero-order chi connectivity index (χ0) is 8.27. The van der Waals surface area contributed by atoms with E-state index in [1.165, 1.54) is 11.3 Å². The van der Waals surface area contributed by atoms with Crippen LogP contribution in [0.15, 0.2) is 5.38 Å². The Morgan fingerprint density at radius 2 is 2.55 bits per heavy atom. The maximum atomic E-state index is 10.8. The average molecular weight is 172 g/mol. The fourth-order valence-electron chi connectivity index (χ4n) is 0.583. The van der Waals surface area contributed by atoms with Crippen molar-refractivity contribution in [3.8, 4) is 0 Å². The van der Waals surface area contributed by atoms with Crippen LogP contribution in [0.3, 0.4) is 0 Å². The number of nitrogens with two attached hydrogens (primary N) is 2. The van der Waals surface area contributed by atoms with Crippen LogP contribution in [-0.2, 0) is 6.54 Å². The second kappa shape index (κ2) is 3.42. The quantitative estimate of drug-likeness (QED) is 0.309. The van der Waals surface area contributed by atoms with Crippen molar-refractivity contribution < 1.29 is 4.79 Å². The van der Waals surface area contributed by atoms with Gasteiger partial charge in [-0.15, -0.1) is 11.3 Å². The molecule has 0 aromatic carbocycles. The zero-order valence-corrected chi connectivity index (χ0v) is 6.52. The molecule has 1 aromatic rings. The molecule has 0 bridgehead atoms. The van der Waals surface area contributed by atoms with Crippen molar-refractivity contribution in [2.75, 3.05) is 0 Å². The van der Waals surface area contributed by atoms with Crippen molar-refractivity contribution in [3.63, 3.8) is 0 Å². The maximum absolute atomic E-state index is 10.8. The summed E-state index contributed by atoms with van der Waals surface area (Å²) in [5, 5.41) is 2.34. The molecule has 0 aliphatic heterocycles. The lowest BCUT2D eigenvalue weighted by Crippen LogP contribution is -2.30. The molecule has 6 heteroatoms. The lowest BCUT2D eigenvalue weighted by molar-refractivity contribution is 0.0949. The van der Waals surface area contributed by atoms with Gasteiger partial charge in [0, 0.05) is 11.9 Å². The van der Waals surface area contributed by atoms with E-state index >= 15 is 0 Å². The fraction of sp³-hybridized carbons (Fsp3) is 0.200. The standard InChI is InChI=1S/C5H8N4OS/c6-1-4-8-3(2-11-4)5(10)9-7/h2H,1,6-7H2,(H,9,10). The molecular weight excluding hydrogens is 164 g/mol. The van der Waals surface area contributed by atoms with Gasteiger partial charge < -0.3 is 5.73 Å². The average Bonchev–Trinajstić information content (AvgIpc) is 2.50. The lowest BCUT2D eigenvalue weighted by Gasteiger charge is -1.90. The van der Waals surface area contributed by atoms with Crippen LogP contribution in [0.2, 0.25) is 0 Å². The molecule has 60 valence electrons. The minimum Gasteiger partial charge on any atom is -0.325 e. The van der Waals surface area contributed by atoms with Crippen LogP contribution >= 0.6 is 11.3 Å². The maximum Gasteiger partial charge on any atom is 0.284 e. The monoisotopic (exact) mass is 172 g/mol. The van der Waals surface area contributed by atoms with Gasteiger partial charge in [0.1, 0.15) is 10.7 Å². The molecule has 1 rings (SSSR count). The number of rotatable bonds is 2. The van der Waals surface area contributed by atoms with E-state index in [4.69, 9.17) is 11.6 Å². The van der Waals surface area contributed by atoms with Gasteiger partial charge in [-0.3, -0.25) is 10.2 Å². The predicted octanol–water partition coefficient (Wildman–Crippen LogP) is -0.795. The third kappa shape index (κ3) is 1.73. The Balaban J connectivity index is 2.80. The molecule has 0 atom stereocenters. The second-order valence-corrected chi connectivity index (χ2v) is 2.75. The molecule has 5 nitrogen and oxygen atoms in total. The molecule has 0 fully saturated rings. The van der Waals surface area contributed by atoms with Crippen LogP contribution in [0.4, 0.5) is 0 Å². The summed E-state index contributed by atoms with van der Waals surface area (Å²) in [6.07, 6.45) is 0. The Labute approximate surface area is 67.4 Å². The van der Waals surface area contributed by atoms with Gasteiger partial charge in [0.05, 0.1) is 0 Å². The van der Waals surface area contributed by atoms with E-state index in [-0.39, 0.29) is 5.91 Å². The van der Waals surface area contributed by atoms with Crippen LogP contribution in [0.1, 0.15) is 15.5 Å². The minimum absolute atomic E-state index is 0.318. The first kappa shape index (κ1) is 8.12. The SMILES string of the molecule is NCc1nc(C(=O)NN)cs1. The highest BCUT2D eigenvalue weighted by atomic mass is 32.1. The van der Waals surface area contributed by atoms with Gasteiger partial charge in [-0.1, -0.05) is 0 Å². The molecule has 0 saturated heterocycles. The summed E-state index contributed by atoms with van der Waals surface area (Å²) < 4.78 is 0. The first-order valence-corrected chi connectivity index (χ1v) is 3.81. The van der Waals surface area contributed by atoms with Gasteiger partial charge in [0.25, 0.3) is 5.91 Å². The number of amides is 1. The van der Waals surface area contributed by atoms with Crippen molar-refractivity contribution >= 4 is 17.2 Å². The first-order valence-electron chi connectivity index (χ1n) is 2.93. The van der Waals surface area contributed by atoms with Gasteiger partial charge in [-0.2, -0.15) is 0 Å². The normalized spacial score (nSPS) is 9.64. The highest BCUT2D eigenvalue weighted by Crippen LogP contribution is 2.07. The molecule has 1 amide bonds. The van der Waals surface area contributed by atoms with E-state index in [1.54, 1.807) is 5.38 Å². The summed E-state index contributed by atoms with van der Waals surface area (Å²) in [4.78, 5) is 14.7. The number of carbonyl (C=O) groups excluding carboxylic acids is 1. The number of hydrazine groups is 1. The lowest BCUT2D eigenvalue weighted by atomic mass is 10.5. The van der Waals surface area contributed by atoms with Crippen molar-refractivity contribution in [2.24, 2.45) is 11.6 Å². The largest absolute Gasteiger partial charge is 0.325 e. The highest BCUT2D eigenvalue weighted by Gasteiger charge is 2.07. The van der Waals surface area contributed by atoms with E-state index in [9.17, 15) is 4.79 Å². The van der Waals surface area contributed by atoms with Crippen LogP contribution in [0, 0.1) is 0 Å². The summed E-state index contributed by atoms with van der Waals surface area (Å²) in [5.74, 6) is 4.50. The smallest absolute Gasteiger partial charge is 0.284 e. The van der Waals surface area contributed by atoms with Gasteiger partial charge in [0.15, 0.2) is 0 Å². The minimum atomic E-state index is -0.388. The number of nitrogen functional groups attached to an aromatic ring is 1. The second-order valence-electron chi connectivity index (χ2n) is 1.80. The predicted molar refractivity (Wildman–Crippen MR) is 41.7 cm³/mol. The van der Waals surface area contributed by atoms with E-state index in [1.807, 2.05) is 5.43 Å². The Morgan fingerprint density at radius 3 is 3.00 bits per heavy atom. The van der Waals surface area contributed by atoms with Crippen molar-refractivity contribution in [1.82, 2.24) is 10.4 Å². The number of thiazole rings is 1.